The molecule has 0 heterocycles. The lowest BCUT2D eigenvalue weighted by molar-refractivity contribution is -0.140. The first kappa shape index (κ1) is 24.4. The first-order valence-corrected chi connectivity index (χ1v) is 13.0. The second-order valence-corrected chi connectivity index (χ2v) is 9.74. The van der Waals surface area contributed by atoms with Crippen LogP contribution in [-0.2, 0) is 21.8 Å². The largest absolute Gasteiger partial charge is 0.352 e. The first-order chi connectivity index (χ1) is 15.6. The highest BCUT2D eigenvalue weighted by atomic mass is 32.2. The van der Waals surface area contributed by atoms with E-state index in [-0.39, 0.29) is 17.9 Å². The van der Waals surface area contributed by atoms with Crippen LogP contribution in [0.5, 0.6) is 0 Å². The smallest absolute Gasteiger partial charge is 0.242 e. The van der Waals surface area contributed by atoms with Gasteiger partial charge in [-0.05, 0) is 37.3 Å². The van der Waals surface area contributed by atoms with Gasteiger partial charge in [0.15, 0.2) is 0 Å². The van der Waals surface area contributed by atoms with Gasteiger partial charge < -0.3 is 10.2 Å². The molecule has 32 heavy (non-hydrogen) atoms. The summed E-state index contributed by atoms with van der Waals surface area (Å²) in [6, 6.07) is 20.3. The number of rotatable bonds is 11. The van der Waals surface area contributed by atoms with E-state index in [0.717, 1.165) is 30.8 Å². The fourth-order valence-corrected chi connectivity index (χ4v) is 5.10. The minimum atomic E-state index is -0.452. The topological polar surface area (TPSA) is 49.4 Å². The van der Waals surface area contributed by atoms with E-state index in [1.165, 1.54) is 30.4 Å². The Balaban J connectivity index is 1.55. The zero-order valence-electron chi connectivity index (χ0n) is 19.2. The number of hydrogen-bond acceptors (Lipinski definition) is 3. The molecule has 2 amide bonds. The van der Waals surface area contributed by atoms with E-state index in [4.69, 9.17) is 0 Å². The van der Waals surface area contributed by atoms with E-state index in [2.05, 4.69) is 29.6 Å². The third-order valence-electron chi connectivity index (χ3n) is 6.17. The van der Waals surface area contributed by atoms with Crippen LogP contribution in [0.4, 0.5) is 0 Å². The third kappa shape index (κ3) is 8.01. The molecule has 0 radical (unpaired) electrons. The van der Waals surface area contributed by atoms with Gasteiger partial charge in [0.1, 0.15) is 6.04 Å². The molecule has 1 saturated carbocycles. The maximum Gasteiger partial charge on any atom is 0.242 e. The van der Waals surface area contributed by atoms with Crippen molar-refractivity contribution in [2.75, 3.05) is 12.3 Å². The van der Waals surface area contributed by atoms with Crippen LogP contribution < -0.4 is 5.32 Å². The van der Waals surface area contributed by atoms with Crippen molar-refractivity contribution in [3.05, 3.63) is 71.8 Å². The average Bonchev–Trinajstić information content (AvgIpc) is 2.84. The quantitative estimate of drug-likeness (QED) is 0.476. The number of carbonyl (C=O) groups excluding carboxylic acids is 2. The number of hydrogen-bond donors (Lipinski definition) is 1. The van der Waals surface area contributed by atoms with E-state index in [0.29, 0.717) is 13.0 Å². The van der Waals surface area contributed by atoms with Crippen molar-refractivity contribution in [2.45, 2.75) is 69.7 Å². The Morgan fingerprint density at radius 3 is 2.25 bits per heavy atom. The van der Waals surface area contributed by atoms with Crippen molar-refractivity contribution < 1.29 is 9.59 Å². The molecule has 1 atom stereocenters. The molecule has 1 N–H and O–H groups in total. The average molecular weight is 453 g/mol. The Bertz CT molecular complexity index is 822. The molecule has 1 unspecified atom stereocenters. The van der Waals surface area contributed by atoms with Crippen molar-refractivity contribution in [1.29, 1.82) is 0 Å². The van der Waals surface area contributed by atoms with Gasteiger partial charge in [-0.2, -0.15) is 11.8 Å². The number of benzene rings is 2. The minimum Gasteiger partial charge on any atom is -0.352 e. The number of carbonyl (C=O) groups is 2. The van der Waals surface area contributed by atoms with Gasteiger partial charge in [0.2, 0.25) is 11.8 Å². The second kappa shape index (κ2) is 13.3. The molecular weight excluding hydrogens is 416 g/mol. The van der Waals surface area contributed by atoms with Crippen LogP contribution in [0.25, 0.3) is 0 Å². The summed E-state index contributed by atoms with van der Waals surface area (Å²) in [5.74, 6) is 1.70. The number of thioether (sulfide) groups is 1. The Labute approximate surface area is 197 Å². The molecule has 0 aromatic heterocycles. The second-order valence-electron chi connectivity index (χ2n) is 8.63. The molecule has 5 heteroatoms. The Morgan fingerprint density at radius 1 is 0.969 bits per heavy atom. The third-order valence-corrected chi connectivity index (χ3v) is 7.21. The highest BCUT2D eigenvalue weighted by molar-refractivity contribution is 7.98. The van der Waals surface area contributed by atoms with E-state index in [9.17, 15) is 9.59 Å². The van der Waals surface area contributed by atoms with E-state index < -0.39 is 6.04 Å². The minimum absolute atomic E-state index is 0.0183. The molecule has 1 aliphatic rings. The van der Waals surface area contributed by atoms with Gasteiger partial charge in [0.25, 0.3) is 0 Å². The van der Waals surface area contributed by atoms with Crippen molar-refractivity contribution in [1.82, 2.24) is 10.2 Å². The van der Waals surface area contributed by atoms with Crippen molar-refractivity contribution >= 4 is 23.6 Å². The van der Waals surface area contributed by atoms with Crippen molar-refractivity contribution in [2.24, 2.45) is 0 Å². The highest BCUT2D eigenvalue weighted by Gasteiger charge is 2.27. The molecule has 0 bridgehead atoms. The lowest BCUT2D eigenvalue weighted by atomic mass is 9.95. The van der Waals surface area contributed by atoms with Crippen LogP contribution in [0.3, 0.4) is 0 Å². The maximum atomic E-state index is 13.1. The Hall–Kier alpha value is -2.27. The summed E-state index contributed by atoms with van der Waals surface area (Å²) in [5.41, 5.74) is 2.45. The maximum absolute atomic E-state index is 13.1. The summed E-state index contributed by atoms with van der Waals surface area (Å²) >= 11 is 1.77. The molecule has 0 aliphatic heterocycles. The molecule has 172 valence electrons. The molecule has 0 spiro atoms. The van der Waals surface area contributed by atoms with Crippen LogP contribution in [-0.4, -0.2) is 41.1 Å². The molecule has 2 aromatic carbocycles. The van der Waals surface area contributed by atoms with E-state index in [1.54, 1.807) is 16.7 Å². The zero-order valence-corrected chi connectivity index (χ0v) is 20.0. The fraction of sp³-hybridized carbons (Fsp3) is 0.481. The first-order valence-electron chi connectivity index (χ1n) is 11.9. The van der Waals surface area contributed by atoms with Gasteiger partial charge >= 0.3 is 0 Å². The monoisotopic (exact) mass is 452 g/mol. The number of nitrogens with zero attached hydrogens (tertiary/aromatic N) is 1. The van der Waals surface area contributed by atoms with Gasteiger partial charge in [-0.15, -0.1) is 0 Å². The fourth-order valence-electron chi connectivity index (χ4n) is 4.21. The summed E-state index contributed by atoms with van der Waals surface area (Å²) in [5, 5.41) is 3.20. The van der Waals surface area contributed by atoms with E-state index in [1.807, 2.05) is 43.3 Å². The van der Waals surface area contributed by atoms with E-state index >= 15 is 0 Å². The van der Waals surface area contributed by atoms with Crippen LogP contribution >= 0.6 is 11.8 Å². The van der Waals surface area contributed by atoms with Crippen molar-refractivity contribution in [3.8, 4) is 0 Å². The lowest BCUT2D eigenvalue weighted by Gasteiger charge is -2.31. The summed E-state index contributed by atoms with van der Waals surface area (Å²) < 4.78 is 0. The summed E-state index contributed by atoms with van der Waals surface area (Å²) in [4.78, 5) is 27.9. The van der Waals surface area contributed by atoms with Gasteiger partial charge in [-0.3, -0.25) is 9.59 Å². The zero-order chi connectivity index (χ0) is 22.6. The number of nitrogens with one attached hydrogen (secondary N) is 1. The van der Waals surface area contributed by atoms with Crippen molar-refractivity contribution in [3.63, 3.8) is 0 Å². The molecule has 0 saturated heterocycles. The number of amides is 2. The molecule has 1 fully saturated rings. The van der Waals surface area contributed by atoms with Crippen LogP contribution in [0.15, 0.2) is 60.7 Å². The lowest BCUT2D eigenvalue weighted by Crippen LogP contribution is -2.51. The Kier molecular flexibility index (Phi) is 10.1. The summed E-state index contributed by atoms with van der Waals surface area (Å²) in [6.45, 7) is 2.43. The molecular formula is C27H36N2O2S. The standard InChI is InChI=1S/C27H36N2O2S/c1-22(27(31)28-25-15-9-4-10-16-25)29(19-17-23-11-5-2-6-12-23)26(30)18-20-32-21-24-13-7-3-8-14-24/h2-3,5-8,11-14,22,25H,4,9-10,15-21H2,1H3,(H,28,31). The van der Waals surface area contributed by atoms with Crippen LogP contribution in [0, 0.1) is 0 Å². The molecule has 3 rings (SSSR count). The Morgan fingerprint density at radius 2 is 1.59 bits per heavy atom. The van der Waals surface area contributed by atoms with Crippen LogP contribution in [0.2, 0.25) is 0 Å². The molecule has 4 nitrogen and oxygen atoms in total. The summed E-state index contributed by atoms with van der Waals surface area (Å²) in [6.07, 6.45) is 6.91. The molecule has 1 aliphatic carbocycles. The van der Waals surface area contributed by atoms with Gasteiger partial charge in [0.05, 0.1) is 0 Å². The molecule has 2 aromatic rings. The predicted molar refractivity (Wildman–Crippen MR) is 134 cm³/mol. The van der Waals surface area contributed by atoms with Gasteiger partial charge in [0, 0.05) is 30.5 Å². The van der Waals surface area contributed by atoms with Gasteiger partial charge in [-0.1, -0.05) is 79.9 Å². The van der Waals surface area contributed by atoms with Gasteiger partial charge in [-0.25, -0.2) is 0 Å². The predicted octanol–water partition coefficient (Wildman–Crippen LogP) is 5.22. The van der Waals surface area contributed by atoms with Crippen LogP contribution in [0.1, 0.15) is 56.6 Å². The highest BCUT2D eigenvalue weighted by Crippen LogP contribution is 2.18. The SMILES string of the molecule is CC(C(=O)NC1CCCCC1)N(CCc1ccccc1)C(=O)CCSCc1ccccc1. The normalized spacial score (nSPS) is 15.2. The summed E-state index contributed by atoms with van der Waals surface area (Å²) in [7, 11) is 0.